The quantitative estimate of drug-likeness (QED) is 0.808. The maximum atomic E-state index is 10.7. The van der Waals surface area contributed by atoms with Crippen molar-refractivity contribution in [3.63, 3.8) is 0 Å². The maximum Gasteiger partial charge on any atom is 0.345 e. The fourth-order valence-corrected chi connectivity index (χ4v) is 2.51. The van der Waals surface area contributed by atoms with Crippen LogP contribution in [0.25, 0.3) is 0 Å². The minimum Gasteiger partial charge on any atom is -0.477 e. The van der Waals surface area contributed by atoms with Crippen LogP contribution in [0.5, 0.6) is 0 Å². The Morgan fingerprint density at radius 3 is 2.53 bits per heavy atom. The number of thiophene rings is 1. The van der Waals surface area contributed by atoms with Crippen molar-refractivity contribution in [1.29, 1.82) is 0 Å². The predicted molar refractivity (Wildman–Crippen MR) is 70.8 cm³/mol. The number of hydrogen-bond acceptors (Lipinski definition) is 4. The standard InChI is InChI=1S/C12H20N2O2S/c1-13(2)7-4-8-14(3)9-10-5-6-11(17-10)12(15)16/h5-6H,4,7-9H2,1-3H3,(H,15,16). The van der Waals surface area contributed by atoms with Crippen LogP contribution in [-0.2, 0) is 6.54 Å². The molecule has 0 aliphatic rings. The Labute approximate surface area is 106 Å². The first-order valence-electron chi connectivity index (χ1n) is 5.64. The molecule has 1 rings (SSSR count). The molecule has 1 aromatic heterocycles. The van der Waals surface area contributed by atoms with Crippen molar-refractivity contribution in [2.24, 2.45) is 0 Å². The summed E-state index contributed by atoms with van der Waals surface area (Å²) in [5.74, 6) is -0.837. The summed E-state index contributed by atoms with van der Waals surface area (Å²) in [6.07, 6.45) is 1.13. The molecule has 0 amide bonds. The first kappa shape index (κ1) is 14.2. The van der Waals surface area contributed by atoms with E-state index in [9.17, 15) is 4.79 Å². The van der Waals surface area contributed by atoms with E-state index in [0.717, 1.165) is 30.9 Å². The van der Waals surface area contributed by atoms with E-state index in [1.165, 1.54) is 11.3 Å². The van der Waals surface area contributed by atoms with Gasteiger partial charge in [0.05, 0.1) is 0 Å². The van der Waals surface area contributed by atoms with Crippen LogP contribution >= 0.6 is 11.3 Å². The maximum absolute atomic E-state index is 10.7. The molecule has 0 aliphatic carbocycles. The van der Waals surface area contributed by atoms with Gasteiger partial charge in [-0.3, -0.25) is 0 Å². The molecule has 96 valence electrons. The van der Waals surface area contributed by atoms with E-state index in [1.54, 1.807) is 6.07 Å². The third-order valence-corrected chi connectivity index (χ3v) is 3.50. The lowest BCUT2D eigenvalue weighted by Crippen LogP contribution is -2.23. The molecule has 1 N–H and O–H groups in total. The summed E-state index contributed by atoms with van der Waals surface area (Å²) < 4.78 is 0. The molecule has 0 spiro atoms. The highest BCUT2D eigenvalue weighted by Gasteiger charge is 2.08. The van der Waals surface area contributed by atoms with Gasteiger partial charge < -0.3 is 14.9 Å². The van der Waals surface area contributed by atoms with E-state index in [0.29, 0.717) is 4.88 Å². The topological polar surface area (TPSA) is 43.8 Å². The smallest absolute Gasteiger partial charge is 0.345 e. The van der Waals surface area contributed by atoms with Gasteiger partial charge in [-0.2, -0.15) is 0 Å². The lowest BCUT2D eigenvalue weighted by Gasteiger charge is -2.17. The lowest BCUT2D eigenvalue weighted by atomic mass is 10.3. The summed E-state index contributed by atoms with van der Waals surface area (Å²) in [7, 11) is 6.20. The van der Waals surface area contributed by atoms with Crippen LogP contribution in [0, 0.1) is 0 Å². The summed E-state index contributed by atoms with van der Waals surface area (Å²) in [6, 6.07) is 3.58. The monoisotopic (exact) mass is 256 g/mol. The minimum atomic E-state index is -0.837. The van der Waals surface area contributed by atoms with Crippen LogP contribution < -0.4 is 0 Å². The Kier molecular flexibility index (Phi) is 5.61. The van der Waals surface area contributed by atoms with Crippen molar-refractivity contribution >= 4 is 17.3 Å². The molecule has 4 nitrogen and oxygen atoms in total. The molecule has 17 heavy (non-hydrogen) atoms. The summed E-state index contributed by atoms with van der Waals surface area (Å²) in [6.45, 7) is 2.93. The van der Waals surface area contributed by atoms with Crippen LogP contribution in [0.2, 0.25) is 0 Å². The molecule has 1 heterocycles. The SMILES string of the molecule is CN(C)CCCN(C)Cc1ccc(C(=O)O)s1. The van der Waals surface area contributed by atoms with Gasteiger partial charge in [0, 0.05) is 11.4 Å². The van der Waals surface area contributed by atoms with E-state index >= 15 is 0 Å². The minimum absolute atomic E-state index is 0.418. The zero-order chi connectivity index (χ0) is 12.8. The summed E-state index contributed by atoms with van der Waals surface area (Å²) in [5.41, 5.74) is 0. The molecule has 0 atom stereocenters. The number of nitrogens with zero attached hydrogens (tertiary/aromatic N) is 2. The van der Waals surface area contributed by atoms with E-state index < -0.39 is 5.97 Å². The van der Waals surface area contributed by atoms with Crippen LogP contribution in [-0.4, -0.2) is 55.1 Å². The van der Waals surface area contributed by atoms with E-state index in [1.807, 2.05) is 6.07 Å². The largest absolute Gasteiger partial charge is 0.477 e. The lowest BCUT2D eigenvalue weighted by molar-refractivity contribution is 0.0702. The van der Waals surface area contributed by atoms with Crippen LogP contribution in [0.3, 0.4) is 0 Å². The second-order valence-electron chi connectivity index (χ2n) is 4.47. The molecule has 0 unspecified atom stereocenters. The summed E-state index contributed by atoms with van der Waals surface area (Å²) in [5, 5.41) is 8.83. The van der Waals surface area contributed by atoms with Crippen LogP contribution in [0.1, 0.15) is 21.0 Å². The Balaban J connectivity index is 2.34. The highest BCUT2D eigenvalue weighted by Crippen LogP contribution is 2.17. The van der Waals surface area contributed by atoms with Crippen molar-refractivity contribution in [1.82, 2.24) is 9.80 Å². The molecule has 0 fully saturated rings. The Bertz CT molecular complexity index is 363. The second-order valence-corrected chi connectivity index (χ2v) is 5.63. The number of hydrogen-bond donors (Lipinski definition) is 1. The van der Waals surface area contributed by atoms with E-state index in [2.05, 4.69) is 30.9 Å². The third kappa shape index (κ3) is 5.30. The van der Waals surface area contributed by atoms with Gasteiger partial charge in [-0.25, -0.2) is 4.79 Å². The third-order valence-electron chi connectivity index (χ3n) is 2.44. The first-order chi connectivity index (χ1) is 7.99. The van der Waals surface area contributed by atoms with Gasteiger partial charge in [0.1, 0.15) is 4.88 Å². The first-order valence-corrected chi connectivity index (χ1v) is 6.46. The molecule has 0 aliphatic heterocycles. The number of aromatic carboxylic acids is 1. The highest BCUT2D eigenvalue weighted by molar-refractivity contribution is 7.13. The molecule has 0 radical (unpaired) electrons. The Hall–Kier alpha value is -0.910. The van der Waals surface area contributed by atoms with E-state index in [-0.39, 0.29) is 0 Å². The molecular weight excluding hydrogens is 236 g/mol. The zero-order valence-corrected chi connectivity index (χ0v) is 11.5. The van der Waals surface area contributed by atoms with Gasteiger partial charge >= 0.3 is 5.97 Å². The fraction of sp³-hybridized carbons (Fsp3) is 0.583. The molecule has 0 aromatic carbocycles. The molecule has 0 saturated carbocycles. The molecule has 0 saturated heterocycles. The van der Waals surface area contributed by atoms with Crippen molar-refractivity contribution in [3.05, 3.63) is 21.9 Å². The number of carboxylic acids is 1. The van der Waals surface area contributed by atoms with Crippen molar-refractivity contribution in [2.75, 3.05) is 34.2 Å². The van der Waals surface area contributed by atoms with Crippen LogP contribution in [0.15, 0.2) is 12.1 Å². The normalized spacial score (nSPS) is 11.4. The highest BCUT2D eigenvalue weighted by atomic mass is 32.1. The predicted octanol–water partition coefficient (Wildman–Crippen LogP) is 1.83. The van der Waals surface area contributed by atoms with Crippen LogP contribution in [0.4, 0.5) is 0 Å². The zero-order valence-electron chi connectivity index (χ0n) is 10.6. The summed E-state index contributed by atoms with van der Waals surface area (Å²) in [4.78, 5) is 16.7. The van der Waals surface area contributed by atoms with Gasteiger partial charge in [0.15, 0.2) is 0 Å². The molecular formula is C12H20N2O2S. The van der Waals surface area contributed by atoms with E-state index in [4.69, 9.17) is 5.11 Å². The summed E-state index contributed by atoms with van der Waals surface area (Å²) >= 11 is 1.36. The number of carbonyl (C=O) groups is 1. The van der Waals surface area contributed by atoms with Gasteiger partial charge in [-0.05, 0) is 52.8 Å². The van der Waals surface area contributed by atoms with Gasteiger partial charge in [-0.15, -0.1) is 11.3 Å². The Morgan fingerprint density at radius 2 is 2.00 bits per heavy atom. The molecule has 1 aromatic rings. The molecule has 5 heteroatoms. The second kappa shape index (κ2) is 6.74. The van der Waals surface area contributed by atoms with Crippen molar-refractivity contribution in [2.45, 2.75) is 13.0 Å². The van der Waals surface area contributed by atoms with Gasteiger partial charge in [0.2, 0.25) is 0 Å². The average molecular weight is 256 g/mol. The average Bonchev–Trinajstić information content (AvgIpc) is 2.65. The van der Waals surface area contributed by atoms with Gasteiger partial charge in [0.25, 0.3) is 0 Å². The Morgan fingerprint density at radius 1 is 1.29 bits per heavy atom. The fourth-order valence-electron chi connectivity index (χ4n) is 1.58. The molecule has 0 bridgehead atoms. The van der Waals surface area contributed by atoms with Crippen molar-refractivity contribution in [3.8, 4) is 0 Å². The number of carboxylic acid groups (broad SMARTS) is 1. The number of rotatable bonds is 7. The van der Waals surface area contributed by atoms with Gasteiger partial charge in [-0.1, -0.05) is 0 Å². The van der Waals surface area contributed by atoms with Crippen molar-refractivity contribution < 1.29 is 9.90 Å².